The van der Waals surface area contributed by atoms with Crippen molar-refractivity contribution in [3.63, 3.8) is 0 Å². The van der Waals surface area contributed by atoms with E-state index in [0.717, 1.165) is 16.1 Å². The van der Waals surface area contributed by atoms with Crippen LogP contribution in [0.4, 0.5) is 5.13 Å². The maximum Gasteiger partial charge on any atom is 0.257 e. The summed E-state index contributed by atoms with van der Waals surface area (Å²) in [6.07, 6.45) is 0. The van der Waals surface area contributed by atoms with Crippen LogP contribution >= 0.6 is 22.7 Å². The summed E-state index contributed by atoms with van der Waals surface area (Å²) in [6, 6.07) is 19.4. The molecule has 0 aliphatic carbocycles. The Morgan fingerprint density at radius 3 is 2.41 bits per heavy atom. The van der Waals surface area contributed by atoms with Gasteiger partial charge in [0.25, 0.3) is 5.91 Å². The van der Waals surface area contributed by atoms with Crippen molar-refractivity contribution in [3.05, 3.63) is 88.6 Å². The number of amides is 1. The minimum absolute atomic E-state index is 0.154. The van der Waals surface area contributed by atoms with Gasteiger partial charge in [0.1, 0.15) is 0 Å². The summed E-state index contributed by atoms with van der Waals surface area (Å²) in [5.41, 5.74) is 2.10. The van der Waals surface area contributed by atoms with Gasteiger partial charge in [-0.25, -0.2) is 13.4 Å². The lowest BCUT2D eigenvalue weighted by molar-refractivity contribution is 0.102. The fraction of sp³-hybridized carbons (Fsp3) is 0.130. The summed E-state index contributed by atoms with van der Waals surface area (Å²) >= 11 is 2.93. The van der Waals surface area contributed by atoms with Crippen LogP contribution in [0.15, 0.2) is 82.4 Å². The number of nitrogens with one attached hydrogen (secondary N) is 1. The highest BCUT2D eigenvalue weighted by molar-refractivity contribution is 7.89. The van der Waals surface area contributed by atoms with E-state index in [0.29, 0.717) is 23.8 Å². The zero-order valence-electron chi connectivity index (χ0n) is 17.3. The topological polar surface area (TPSA) is 79.4 Å². The summed E-state index contributed by atoms with van der Waals surface area (Å²) in [5, 5.41) is 7.14. The molecule has 0 unspecified atom stereocenters. The number of benzene rings is 2. The predicted octanol–water partition coefficient (Wildman–Crippen LogP) is 5.33. The second-order valence-electron chi connectivity index (χ2n) is 6.91. The Morgan fingerprint density at radius 2 is 1.75 bits per heavy atom. The molecular formula is C23H21N3O3S3. The minimum Gasteiger partial charge on any atom is -0.298 e. The first-order valence-electron chi connectivity index (χ1n) is 9.92. The highest BCUT2D eigenvalue weighted by Crippen LogP contribution is 2.28. The number of aromatic nitrogens is 1. The summed E-state index contributed by atoms with van der Waals surface area (Å²) in [5.74, 6) is -0.335. The average molecular weight is 484 g/mol. The smallest absolute Gasteiger partial charge is 0.257 e. The Bertz CT molecular complexity index is 1280. The number of hydrogen-bond donors (Lipinski definition) is 1. The molecule has 0 aliphatic heterocycles. The largest absolute Gasteiger partial charge is 0.298 e. The van der Waals surface area contributed by atoms with E-state index in [9.17, 15) is 13.2 Å². The van der Waals surface area contributed by atoms with E-state index in [-0.39, 0.29) is 10.8 Å². The van der Waals surface area contributed by atoms with E-state index in [1.54, 1.807) is 18.3 Å². The molecular weight excluding hydrogens is 462 g/mol. The van der Waals surface area contributed by atoms with Crippen LogP contribution in [0.5, 0.6) is 0 Å². The molecule has 0 spiro atoms. The lowest BCUT2D eigenvalue weighted by atomic mass is 10.2. The number of anilines is 1. The van der Waals surface area contributed by atoms with Gasteiger partial charge in [-0.1, -0.05) is 43.3 Å². The number of carbonyl (C=O) groups is 1. The number of sulfonamides is 1. The van der Waals surface area contributed by atoms with Crippen LogP contribution in [-0.4, -0.2) is 30.2 Å². The number of rotatable bonds is 8. The lowest BCUT2D eigenvalue weighted by Crippen LogP contribution is -2.30. The Hall–Kier alpha value is -2.85. The van der Waals surface area contributed by atoms with Gasteiger partial charge in [0.15, 0.2) is 5.13 Å². The molecule has 1 amide bonds. The van der Waals surface area contributed by atoms with Gasteiger partial charge in [-0.2, -0.15) is 4.31 Å². The first-order valence-corrected chi connectivity index (χ1v) is 13.1. The number of thiazole rings is 1. The van der Waals surface area contributed by atoms with Crippen LogP contribution in [0.2, 0.25) is 0 Å². The van der Waals surface area contributed by atoms with Gasteiger partial charge in [-0.3, -0.25) is 10.1 Å². The van der Waals surface area contributed by atoms with E-state index < -0.39 is 10.0 Å². The van der Waals surface area contributed by atoms with E-state index in [2.05, 4.69) is 10.3 Å². The van der Waals surface area contributed by atoms with Crippen molar-refractivity contribution < 1.29 is 13.2 Å². The molecule has 0 atom stereocenters. The van der Waals surface area contributed by atoms with Gasteiger partial charge in [0, 0.05) is 24.0 Å². The van der Waals surface area contributed by atoms with Gasteiger partial charge in [-0.15, -0.1) is 22.7 Å². The molecule has 2 aromatic carbocycles. The molecule has 4 aromatic rings. The van der Waals surface area contributed by atoms with Gasteiger partial charge in [-0.05, 0) is 41.3 Å². The molecule has 0 saturated carbocycles. The first kappa shape index (κ1) is 22.3. The fourth-order valence-corrected chi connectivity index (χ4v) is 6.02. The van der Waals surface area contributed by atoms with Crippen LogP contribution in [0.25, 0.3) is 10.6 Å². The number of carbonyl (C=O) groups excluding carboxylic acids is 1. The van der Waals surface area contributed by atoms with Crippen molar-refractivity contribution >= 4 is 43.7 Å². The van der Waals surface area contributed by atoms with Gasteiger partial charge in [0.05, 0.1) is 15.5 Å². The number of thiophene rings is 1. The maximum atomic E-state index is 13.1. The molecule has 0 radical (unpaired) electrons. The van der Waals surface area contributed by atoms with E-state index >= 15 is 0 Å². The summed E-state index contributed by atoms with van der Waals surface area (Å²) in [6.45, 7) is 2.44. The molecule has 4 rings (SSSR count). The van der Waals surface area contributed by atoms with Crippen molar-refractivity contribution in [2.45, 2.75) is 18.4 Å². The molecule has 1 N–H and O–H groups in total. The van der Waals surface area contributed by atoms with Crippen LogP contribution in [0.1, 0.15) is 22.8 Å². The number of nitrogens with zero attached hydrogens (tertiary/aromatic N) is 2. The zero-order chi connectivity index (χ0) is 22.6. The molecule has 0 aliphatic rings. The fourth-order valence-electron chi connectivity index (χ4n) is 3.12. The standard InChI is InChI=1S/C23H21N3O3S3/c1-2-26(15-17-7-4-3-5-8-17)32(28,29)19-12-10-18(11-13-19)22(27)25-23-24-20(16-31-23)21-9-6-14-30-21/h3-14,16H,2,15H2,1H3,(H,24,25,27). The van der Waals surface area contributed by atoms with Crippen LogP contribution in [0.3, 0.4) is 0 Å². The van der Waals surface area contributed by atoms with Crippen molar-refractivity contribution in [1.29, 1.82) is 0 Å². The van der Waals surface area contributed by atoms with Crippen LogP contribution < -0.4 is 5.32 Å². The molecule has 2 aromatic heterocycles. The summed E-state index contributed by atoms with van der Waals surface area (Å²) in [4.78, 5) is 18.2. The third kappa shape index (κ3) is 4.97. The summed E-state index contributed by atoms with van der Waals surface area (Å²) in [7, 11) is -3.68. The molecule has 2 heterocycles. The second-order valence-corrected chi connectivity index (χ2v) is 10.7. The molecule has 0 bridgehead atoms. The quantitative estimate of drug-likeness (QED) is 0.367. The Kier molecular flexibility index (Phi) is 6.80. The van der Waals surface area contributed by atoms with Crippen LogP contribution in [-0.2, 0) is 16.6 Å². The van der Waals surface area contributed by atoms with Crippen molar-refractivity contribution in [3.8, 4) is 10.6 Å². The normalized spacial score (nSPS) is 11.6. The molecule has 9 heteroatoms. The van der Waals surface area contributed by atoms with Crippen molar-refractivity contribution in [2.24, 2.45) is 0 Å². The van der Waals surface area contributed by atoms with E-state index in [4.69, 9.17) is 0 Å². The Balaban J connectivity index is 1.46. The SMILES string of the molecule is CCN(Cc1ccccc1)S(=O)(=O)c1ccc(C(=O)Nc2nc(-c3cccs3)cs2)cc1. The molecule has 164 valence electrons. The van der Waals surface area contributed by atoms with Gasteiger partial charge < -0.3 is 0 Å². The molecule has 0 saturated heterocycles. The Labute approximate surface area is 195 Å². The highest BCUT2D eigenvalue weighted by atomic mass is 32.2. The third-order valence-corrected chi connectivity index (χ3v) is 8.39. The Morgan fingerprint density at radius 1 is 1.00 bits per heavy atom. The van der Waals surface area contributed by atoms with E-state index in [1.807, 2.05) is 53.2 Å². The molecule has 32 heavy (non-hydrogen) atoms. The van der Waals surface area contributed by atoms with Crippen LogP contribution in [0, 0.1) is 0 Å². The highest BCUT2D eigenvalue weighted by Gasteiger charge is 2.23. The average Bonchev–Trinajstić information content (AvgIpc) is 3.50. The second kappa shape index (κ2) is 9.74. The zero-order valence-corrected chi connectivity index (χ0v) is 19.7. The minimum atomic E-state index is -3.68. The first-order chi connectivity index (χ1) is 15.5. The van der Waals surface area contributed by atoms with Gasteiger partial charge >= 0.3 is 0 Å². The summed E-state index contributed by atoms with van der Waals surface area (Å²) < 4.78 is 27.6. The third-order valence-electron chi connectivity index (χ3n) is 4.81. The van der Waals surface area contributed by atoms with Crippen molar-refractivity contribution in [1.82, 2.24) is 9.29 Å². The van der Waals surface area contributed by atoms with Crippen molar-refractivity contribution in [2.75, 3.05) is 11.9 Å². The van der Waals surface area contributed by atoms with Gasteiger partial charge in [0.2, 0.25) is 10.0 Å². The van der Waals surface area contributed by atoms with E-state index in [1.165, 1.54) is 39.9 Å². The predicted molar refractivity (Wildman–Crippen MR) is 130 cm³/mol. The molecule has 6 nitrogen and oxygen atoms in total. The molecule has 0 fully saturated rings. The lowest BCUT2D eigenvalue weighted by Gasteiger charge is -2.20. The monoisotopic (exact) mass is 483 g/mol. The maximum absolute atomic E-state index is 13.1. The number of hydrogen-bond acceptors (Lipinski definition) is 6.